The third-order valence-electron chi connectivity index (χ3n) is 2.74. The predicted octanol–water partition coefficient (Wildman–Crippen LogP) is 4.18. The Balaban J connectivity index is 2.08. The van der Waals surface area contributed by atoms with Crippen molar-refractivity contribution in [3.05, 3.63) is 65.2 Å². The molecular formula is C15H15BrO. The van der Waals surface area contributed by atoms with Crippen molar-refractivity contribution in [2.75, 3.05) is 7.11 Å². The Morgan fingerprint density at radius 1 is 0.824 bits per heavy atom. The van der Waals surface area contributed by atoms with Crippen LogP contribution >= 0.6 is 15.9 Å². The maximum absolute atomic E-state index is 5.14. The quantitative estimate of drug-likeness (QED) is 0.768. The van der Waals surface area contributed by atoms with Crippen molar-refractivity contribution < 1.29 is 4.74 Å². The molecule has 0 aliphatic heterocycles. The average molecular weight is 291 g/mol. The van der Waals surface area contributed by atoms with Crippen molar-refractivity contribution in [1.82, 2.24) is 0 Å². The maximum atomic E-state index is 5.14. The molecule has 1 nitrogen and oxygen atoms in total. The number of alkyl halides is 1. The van der Waals surface area contributed by atoms with Crippen molar-refractivity contribution >= 4 is 15.9 Å². The number of rotatable bonds is 4. The van der Waals surface area contributed by atoms with Crippen molar-refractivity contribution in [1.29, 1.82) is 0 Å². The fourth-order valence-corrected chi connectivity index (χ4v) is 2.10. The van der Waals surface area contributed by atoms with Gasteiger partial charge in [0.1, 0.15) is 5.75 Å². The Labute approximate surface area is 111 Å². The van der Waals surface area contributed by atoms with Crippen LogP contribution in [0.2, 0.25) is 0 Å². The first-order valence-corrected chi connectivity index (χ1v) is 6.70. The van der Waals surface area contributed by atoms with E-state index in [1.807, 2.05) is 12.1 Å². The normalized spacial score (nSPS) is 10.2. The van der Waals surface area contributed by atoms with E-state index in [4.69, 9.17) is 4.74 Å². The van der Waals surface area contributed by atoms with Crippen LogP contribution in [0.3, 0.4) is 0 Å². The highest BCUT2D eigenvalue weighted by atomic mass is 79.9. The molecule has 0 aliphatic carbocycles. The number of methoxy groups -OCH3 is 1. The SMILES string of the molecule is COc1ccc(Cc2ccc(CBr)cc2)cc1. The van der Waals surface area contributed by atoms with Gasteiger partial charge in [-0.1, -0.05) is 52.3 Å². The van der Waals surface area contributed by atoms with Crippen LogP contribution in [0.4, 0.5) is 0 Å². The smallest absolute Gasteiger partial charge is 0.118 e. The van der Waals surface area contributed by atoms with Crippen molar-refractivity contribution in [2.24, 2.45) is 0 Å². The number of hydrogen-bond acceptors (Lipinski definition) is 1. The first kappa shape index (κ1) is 12.2. The van der Waals surface area contributed by atoms with E-state index in [0.29, 0.717) is 0 Å². The third-order valence-corrected chi connectivity index (χ3v) is 3.39. The lowest BCUT2D eigenvalue weighted by atomic mass is 10.0. The van der Waals surface area contributed by atoms with E-state index in [-0.39, 0.29) is 0 Å². The molecule has 0 heterocycles. The van der Waals surface area contributed by atoms with Crippen LogP contribution in [0.1, 0.15) is 16.7 Å². The zero-order valence-corrected chi connectivity index (χ0v) is 11.4. The van der Waals surface area contributed by atoms with E-state index in [2.05, 4.69) is 52.3 Å². The molecule has 2 aromatic carbocycles. The molecule has 0 bridgehead atoms. The van der Waals surface area contributed by atoms with E-state index in [1.54, 1.807) is 7.11 Å². The fourth-order valence-electron chi connectivity index (χ4n) is 1.73. The second-order valence-electron chi connectivity index (χ2n) is 3.97. The van der Waals surface area contributed by atoms with E-state index in [0.717, 1.165) is 17.5 Å². The second-order valence-corrected chi connectivity index (χ2v) is 4.54. The van der Waals surface area contributed by atoms with Crippen LogP contribution in [0.25, 0.3) is 0 Å². The minimum absolute atomic E-state index is 0.906. The van der Waals surface area contributed by atoms with Crippen molar-refractivity contribution in [2.45, 2.75) is 11.8 Å². The maximum Gasteiger partial charge on any atom is 0.118 e. The van der Waals surface area contributed by atoms with Crippen molar-refractivity contribution in [3.63, 3.8) is 0 Å². The van der Waals surface area contributed by atoms with Crippen LogP contribution in [-0.4, -0.2) is 7.11 Å². The molecule has 0 fully saturated rings. The summed E-state index contributed by atoms with van der Waals surface area (Å²) in [5.41, 5.74) is 3.95. The topological polar surface area (TPSA) is 9.23 Å². The van der Waals surface area contributed by atoms with Gasteiger partial charge in [-0.3, -0.25) is 0 Å². The Kier molecular flexibility index (Phi) is 4.21. The first-order chi connectivity index (χ1) is 8.31. The van der Waals surface area contributed by atoms with Gasteiger partial charge in [0.15, 0.2) is 0 Å². The summed E-state index contributed by atoms with van der Waals surface area (Å²) in [4.78, 5) is 0. The molecule has 0 radical (unpaired) electrons. The summed E-state index contributed by atoms with van der Waals surface area (Å²) in [5.74, 6) is 0.906. The zero-order valence-electron chi connectivity index (χ0n) is 9.82. The standard InChI is InChI=1S/C15H15BrO/c1-17-15-8-6-13(7-9-15)10-12-2-4-14(11-16)5-3-12/h2-9H,10-11H2,1H3. The molecule has 2 rings (SSSR count). The van der Waals surface area contributed by atoms with E-state index in [1.165, 1.54) is 16.7 Å². The van der Waals surface area contributed by atoms with Gasteiger partial charge < -0.3 is 4.74 Å². The van der Waals surface area contributed by atoms with Gasteiger partial charge in [-0.25, -0.2) is 0 Å². The number of ether oxygens (including phenoxy) is 1. The summed E-state index contributed by atoms with van der Waals surface area (Å²) >= 11 is 3.45. The lowest BCUT2D eigenvalue weighted by molar-refractivity contribution is 0.414. The Morgan fingerprint density at radius 2 is 1.29 bits per heavy atom. The Hall–Kier alpha value is -1.28. The fraction of sp³-hybridized carbons (Fsp3) is 0.200. The van der Waals surface area contributed by atoms with Crippen LogP contribution in [0, 0.1) is 0 Å². The molecule has 17 heavy (non-hydrogen) atoms. The van der Waals surface area contributed by atoms with Gasteiger partial charge in [0, 0.05) is 5.33 Å². The monoisotopic (exact) mass is 290 g/mol. The highest BCUT2D eigenvalue weighted by molar-refractivity contribution is 9.08. The van der Waals surface area contributed by atoms with Gasteiger partial charge in [0.25, 0.3) is 0 Å². The third kappa shape index (κ3) is 3.34. The summed E-state index contributed by atoms with van der Waals surface area (Å²) in [5, 5.41) is 0.913. The molecule has 0 aromatic heterocycles. The molecule has 0 atom stereocenters. The summed E-state index contributed by atoms with van der Waals surface area (Å²) in [7, 11) is 1.69. The summed E-state index contributed by atoms with van der Waals surface area (Å²) in [6.07, 6.45) is 0.965. The molecule has 88 valence electrons. The predicted molar refractivity (Wildman–Crippen MR) is 74.9 cm³/mol. The molecule has 0 N–H and O–H groups in total. The van der Waals surface area contributed by atoms with Crippen LogP contribution < -0.4 is 4.74 Å². The second kappa shape index (κ2) is 5.87. The molecule has 0 saturated heterocycles. The molecule has 0 spiro atoms. The van der Waals surface area contributed by atoms with Crippen LogP contribution in [0.5, 0.6) is 5.75 Å². The van der Waals surface area contributed by atoms with Crippen LogP contribution in [0.15, 0.2) is 48.5 Å². The van der Waals surface area contributed by atoms with E-state index < -0.39 is 0 Å². The van der Waals surface area contributed by atoms with Crippen LogP contribution in [-0.2, 0) is 11.8 Å². The molecule has 0 saturated carbocycles. The first-order valence-electron chi connectivity index (χ1n) is 5.58. The zero-order chi connectivity index (χ0) is 12.1. The van der Waals surface area contributed by atoms with Gasteiger partial charge in [0.05, 0.1) is 7.11 Å². The molecule has 0 unspecified atom stereocenters. The van der Waals surface area contributed by atoms with Gasteiger partial charge in [-0.15, -0.1) is 0 Å². The number of hydrogen-bond donors (Lipinski definition) is 0. The average Bonchev–Trinajstić information content (AvgIpc) is 2.40. The van der Waals surface area contributed by atoms with Gasteiger partial charge in [-0.2, -0.15) is 0 Å². The minimum atomic E-state index is 0.906. The summed E-state index contributed by atoms with van der Waals surface area (Å²) in [6, 6.07) is 16.9. The molecule has 2 heteroatoms. The summed E-state index contributed by atoms with van der Waals surface area (Å²) < 4.78 is 5.14. The van der Waals surface area contributed by atoms with Gasteiger partial charge in [-0.05, 0) is 35.2 Å². The molecule has 2 aromatic rings. The summed E-state index contributed by atoms with van der Waals surface area (Å²) in [6.45, 7) is 0. The Morgan fingerprint density at radius 3 is 1.76 bits per heavy atom. The number of benzene rings is 2. The highest BCUT2D eigenvalue weighted by Gasteiger charge is 1.97. The highest BCUT2D eigenvalue weighted by Crippen LogP contribution is 2.15. The largest absolute Gasteiger partial charge is 0.497 e. The lowest BCUT2D eigenvalue weighted by Gasteiger charge is -2.04. The number of halogens is 1. The molecule has 0 aliphatic rings. The van der Waals surface area contributed by atoms with Gasteiger partial charge >= 0.3 is 0 Å². The Bertz CT molecular complexity index is 414. The minimum Gasteiger partial charge on any atom is -0.497 e. The molecule has 0 amide bonds. The van der Waals surface area contributed by atoms with E-state index in [9.17, 15) is 0 Å². The molecular weight excluding hydrogens is 276 g/mol. The van der Waals surface area contributed by atoms with E-state index >= 15 is 0 Å². The lowest BCUT2D eigenvalue weighted by Crippen LogP contribution is -1.89. The van der Waals surface area contributed by atoms with Gasteiger partial charge in [0.2, 0.25) is 0 Å². The van der Waals surface area contributed by atoms with Crippen molar-refractivity contribution in [3.8, 4) is 5.75 Å².